The average molecular weight is 252 g/mol. The maximum Gasteiger partial charge on any atom is 0.330 e. The number of aromatic amines is 1. The number of ether oxygens (including phenoxy) is 1. The number of rotatable bonds is 5. The summed E-state index contributed by atoms with van der Waals surface area (Å²) in [6.45, 7) is -0.117. The van der Waals surface area contributed by atoms with Gasteiger partial charge in [-0.2, -0.15) is 0 Å². The van der Waals surface area contributed by atoms with E-state index in [4.69, 9.17) is 14.3 Å². The van der Waals surface area contributed by atoms with Crippen molar-refractivity contribution in [3.8, 4) is 0 Å². The normalized spacial score (nSPS) is 12.5. The molecule has 0 spiro atoms. The van der Waals surface area contributed by atoms with Gasteiger partial charge in [-0.25, -0.2) is 4.79 Å². The molecule has 0 amide bonds. The predicted molar refractivity (Wildman–Crippen MR) is 61.2 cm³/mol. The Labute approximate surface area is 101 Å². The van der Waals surface area contributed by atoms with Crippen LogP contribution in [0.5, 0.6) is 0 Å². The highest BCUT2D eigenvalue weighted by Crippen LogP contribution is 2.17. The van der Waals surface area contributed by atoms with Crippen molar-refractivity contribution in [1.82, 2.24) is 9.55 Å². The Kier molecular flexibility index (Phi) is 3.75. The van der Waals surface area contributed by atoms with E-state index in [9.17, 15) is 9.59 Å². The topological polar surface area (TPSA) is 97.5 Å². The molecule has 0 aliphatic heterocycles. The van der Waals surface area contributed by atoms with Crippen LogP contribution in [0.3, 0.4) is 0 Å². The molecule has 18 heavy (non-hydrogen) atoms. The number of aromatic nitrogens is 2. The Hall–Kier alpha value is -2.12. The van der Waals surface area contributed by atoms with E-state index < -0.39 is 17.5 Å². The summed E-state index contributed by atoms with van der Waals surface area (Å²) in [5, 5.41) is 8.78. The molecule has 0 radical (unpaired) electrons. The summed E-state index contributed by atoms with van der Waals surface area (Å²) in [4.78, 5) is 24.8. The summed E-state index contributed by atoms with van der Waals surface area (Å²) in [7, 11) is 0. The lowest BCUT2D eigenvalue weighted by Crippen LogP contribution is -2.33. The Morgan fingerprint density at radius 1 is 1.44 bits per heavy atom. The first-order valence-electron chi connectivity index (χ1n) is 5.28. The fraction of sp³-hybridized carbons (Fsp3) is 0.273. The second-order valence-electron chi connectivity index (χ2n) is 3.52. The van der Waals surface area contributed by atoms with Crippen LogP contribution in [0.15, 0.2) is 44.9 Å². The number of nitrogens with zero attached hydrogens (tertiary/aromatic N) is 1. The van der Waals surface area contributed by atoms with E-state index in [2.05, 4.69) is 4.98 Å². The zero-order chi connectivity index (χ0) is 13.0. The minimum Gasteiger partial charge on any atom is -0.472 e. The van der Waals surface area contributed by atoms with Gasteiger partial charge >= 0.3 is 5.69 Å². The molecule has 2 rings (SSSR count). The van der Waals surface area contributed by atoms with Crippen molar-refractivity contribution < 1.29 is 14.3 Å². The third kappa shape index (κ3) is 2.58. The number of hydrogen-bond acceptors (Lipinski definition) is 5. The van der Waals surface area contributed by atoms with Crippen LogP contribution >= 0.6 is 0 Å². The van der Waals surface area contributed by atoms with Crippen molar-refractivity contribution >= 4 is 0 Å². The molecule has 7 heteroatoms. The smallest absolute Gasteiger partial charge is 0.330 e. The Balaban J connectivity index is 2.40. The average Bonchev–Trinajstić information content (AvgIpc) is 2.85. The van der Waals surface area contributed by atoms with Gasteiger partial charge in [-0.1, -0.05) is 0 Å². The van der Waals surface area contributed by atoms with Gasteiger partial charge in [0.2, 0.25) is 0 Å². The first kappa shape index (κ1) is 12.3. The van der Waals surface area contributed by atoms with E-state index in [1.165, 1.54) is 29.4 Å². The number of hydrogen-bond donors (Lipinski definition) is 2. The van der Waals surface area contributed by atoms with Crippen LogP contribution < -0.4 is 11.2 Å². The van der Waals surface area contributed by atoms with Crippen LogP contribution in [0.25, 0.3) is 0 Å². The van der Waals surface area contributed by atoms with Gasteiger partial charge in [0.25, 0.3) is 5.56 Å². The molecule has 96 valence electrons. The summed E-state index contributed by atoms with van der Waals surface area (Å²) in [6, 6.07) is 2.86. The molecule has 2 N–H and O–H groups in total. The number of aliphatic hydroxyl groups excluding tert-OH is 1. The second-order valence-corrected chi connectivity index (χ2v) is 3.52. The number of nitrogens with one attached hydrogen (secondary N) is 1. The van der Waals surface area contributed by atoms with Gasteiger partial charge in [-0.05, 0) is 6.07 Å². The third-order valence-corrected chi connectivity index (χ3v) is 2.30. The number of aliphatic hydroxyl groups is 1. The highest BCUT2D eigenvalue weighted by molar-refractivity contribution is 5.10. The molecule has 2 aromatic rings. The maximum absolute atomic E-state index is 11.7. The standard InChI is InChI=1S/C11H12N2O5/c14-4-6-18-10(8-2-5-17-7-8)13-3-1-9(15)12-11(13)16/h1-3,5,7,10,14H,4,6H2,(H,12,15,16). The van der Waals surface area contributed by atoms with Gasteiger partial charge in [0, 0.05) is 17.8 Å². The van der Waals surface area contributed by atoms with E-state index in [0.717, 1.165) is 0 Å². The van der Waals surface area contributed by atoms with Crippen molar-refractivity contribution in [2.24, 2.45) is 0 Å². The van der Waals surface area contributed by atoms with Crippen molar-refractivity contribution in [3.63, 3.8) is 0 Å². The highest BCUT2D eigenvalue weighted by atomic mass is 16.5. The van der Waals surface area contributed by atoms with Gasteiger partial charge in [-0.3, -0.25) is 14.3 Å². The predicted octanol–water partition coefficient (Wildman–Crippen LogP) is -0.315. The van der Waals surface area contributed by atoms with Crippen LogP contribution in [-0.4, -0.2) is 27.9 Å². The van der Waals surface area contributed by atoms with E-state index in [-0.39, 0.29) is 13.2 Å². The second kappa shape index (κ2) is 5.48. The Morgan fingerprint density at radius 3 is 2.89 bits per heavy atom. The molecule has 0 saturated heterocycles. The molecule has 0 aliphatic carbocycles. The van der Waals surface area contributed by atoms with E-state index in [1.807, 2.05) is 0 Å². The molecule has 2 aromatic heterocycles. The lowest BCUT2D eigenvalue weighted by atomic mass is 10.3. The molecular formula is C11H12N2O5. The quantitative estimate of drug-likeness (QED) is 0.760. The summed E-state index contributed by atoms with van der Waals surface area (Å²) in [5.74, 6) is 0. The van der Waals surface area contributed by atoms with Crippen molar-refractivity contribution in [3.05, 3.63) is 57.3 Å². The first-order chi connectivity index (χ1) is 8.72. The zero-order valence-corrected chi connectivity index (χ0v) is 9.41. The number of furan rings is 1. The van der Waals surface area contributed by atoms with Gasteiger partial charge in [0.05, 0.1) is 25.7 Å². The fourth-order valence-electron chi connectivity index (χ4n) is 1.53. The van der Waals surface area contributed by atoms with Crippen LogP contribution in [0.4, 0.5) is 0 Å². The van der Waals surface area contributed by atoms with Gasteiger partial charge < -0.3 is 14.3 Å². The molecule has 7 nitrogen and oxygen atoms in total. The summed E-state index contributed by atoms with van der Waals surface area (Å²) < 4.78 is 11.5. The molecule has 1 unspecified atom stereocenters. The van der Waals surface area contributed by atoms with Crippen molar-refractivity contribution in [1.29, 1.82) is 0 Å². The van der Waals surface area contributed by atoms with Crippen LogP contribution in [0.2, 0.25) is 0 Å². The minimum absolute atomic E-state index is 0.0570. The monoisotopic (exact) mass is 252 g/mol. The summed E-state index contributed by atoms with van der Waals surface area (Å²) in [6.07, 6.45) is 3.46. The largest absolute Gasteiger partial charge is 0.472 e. The molecule has 0 aromatic carbocycles. The first-order valence-corrected chi connectivity index (χ1v) is 5.28. The minimum atomic E-state index is -0.750. The number of H-pyrrole nitrogens is 1. The Bertz CT molecular complexity index is 598. The molecule has 0 fully saturated rings. The third-order valence-electron chi connectivity index (χ3n) is 2.30. The molecule has 2 heterocycles. The van der Waals surface area contributed by atoms with E-state index >= 15 is 0 Å². The van der Waals surface area contributed by atoms with Crippen LogP contribution in [-0.2, 0) is 4.74 Å². The van der Waals surface area contributed by atoms with Gasteiger partial charge in [0.1, 0.15) is 0 Å². The van der Waals surface area contributed by atoms with Crippen LogP contribution in [0, 0.1) is 0 Å². The zero-order valence-electron chi connectivity index (χ0n) is 9.41. The molecule has 0 aliphatic rings. The van der Waals surface area contributed by atoms with Gasteiger partial charge in [0.15, 0.2) is 6.23 Å². The maximum atomic E-state index is 11.7. The lowest BCUT2D eigenvalue weighted by Gasteiger charge is -2.17. The summed E-state index contributed by atoms with van der Waals surface area (Å²) in [5.41, 5.74) is -0.464. The lowest BCUT2D eigenvalue weighted by molar-refractivity contribution is 0.00764. The summed E-state index contributed by atoms with van der Waals surface area (Å²) >= 11 is 0. The fourth-order valence-corrected chi connectivity index (χ4v) is 1.53. The molecule has 1 atom stereocenters. The van der Waals surface area contributed by atoms with E-state index in [1.54, 1.807) is 6.07 Å². The molecule has 0 bridgehead atoms. The van der Waals surface area contributed by atoms with Crippen molar-refractivity contribution in [2.75, 3.05) is 13.2 Å². The highest BCUT2D eigenvalue weighted by Gasteiger charge is 2.16. The van der Waals surface area contributed by atoms with Crippen LogP contribution in [0.1, 0.15) is 11.8 Å². The SMILES string of the molecule is O=c1ccn(C(OCCO)c2ccoc2)c(=O)[nH]1. The Morgan fingerprint density at radius 2 is 2.28 bits per heavy atom. The van der Waals surface area contributed by atoms with Crippen molar-refractivity contribution in [2.45, 2.75) is 6.23 Å². The van der Waals surface area contributed by atoms with Gasteiger partial charge in [-0.15, -0.1) is 0 Å². The molecule has 0 saturated carbocycles. The van der Waals surface area contributed by atoms with E-state index in [0.29, 0.717) is 5.56 Å². The molecular weight excluding hydrogens is 240 g/mol.